The second-order valence-corrected chi connectivity index (χ2v) is 8.36. The van der Waals surface area contributed by atoms with Crippen molar-refractivity contribution in [2.75, 3.05) is 32.8 Å². The lowest BCUT2D eigenvalue weighted by molar-refractivity contribution is -0.127. The molecule has 0 bridgehead atoms. The molecule has 0 spiro atoms. The summed E-state index contributed by atoms with van der Waals surface area (Å²) in [5.74, 6) is -0.101. The van der Waals surface area contributed by atoms with Gasteiger partial charge in [-0.2, -0.15) is 0 Å². The Morgan fingerprint density at radius 2 is 1.73 bits per heavy atom. The molecule has 0 aromatic heterocycles. The Morgan fingerprint density at radius 1 is 1.00 bits per heavy atom. The van der Waals surface area contributed by atoms with Gasteiger partial charge >= 0.3 is 5.97 Å². The van der Waals surface area contributed by atoms with Crippen molar-refractivity contribution in [3.63, 3.8) is 0 Å². The number of ether oxygens (including phenoxy) is 2. The molecule has 0 aliphatic carbocycles. The van der Waals surface area contributed by atoms with E-state index in [4.69, 9.17) is 9.47 Å². The molecule has 1 aliphatic heterocycles. The quantitative estimate of drug-likeness (QED) is 0.314. The van der Waals surface area contributed by atoms with Crippen molar-refractivity contribution in [2.45, 2.75) is 77.2 Å². The topological polar surface area (TPSA) is 55.8 Å². The molecule has 168 valence electrons. The molecule has 1 aromatic rings. The molecule has 0 unspecified atom stereocenters. The number of hydrogen-bond donors (Lipinski definition) is 0. The van der Waals surface area contributed by atoms with Gasteiger partial charge in [0.25, 0.3) is 0 Å². The fourth-order valence-electron chi connectivity index (χ4n) is 4.06. The summed E-state index contributed by atoms with van der Waals surface area (Å²) in [5, 5.41) is 0. The monoisotopic (exact) mass is 417 g/mol. The van der Waals surface area contributed by atoms with Crippen LogP contribution in [0.25, 0.3) is 0 Å². The molecule has 0 saturated carbocycles. The molecule has 0 N–H and O–H groups in total. The average Bonchev–Trinajstić information content (AvgIpc) is 2.76. The minimum atomic E-state index is -0.675. The van der Waals surface area contributed by atoms with Crippen LogP contribution in [0.5, 0.6) is 0 Å². The van der Waals surface area contributed by atoms with E-state index in [0.717, 1.165) is 65.0 Å². The third-order valence-corrected chi connectivity index (χ3v) is 5.88. The fraction of sp³-hybridized carbons (Fsp3) is 0.680. The van der Waals surface area contributed by atoms with Crippen LogP contribution in [0.2, 0.25) is 0 Å². The van der Waals surface area contributed by atoms with Gasteiger partial charge in [0.1, 0.15) is 11.4 Å². The zero-order valence-corrected chi connectivity index (χ0v) is 18.9. The number of carbonyl (C=O) groups is 2. The van der Waals surface area contributed by atoms with Gasteiger partial charge in [0, 0.05) is 58.5 Å². The molecular formula is C25H39NO4. The molecule has 1 saturated heterocycles. The summed E-state index contributed by atoms with van der Waals surface area (Å²) in [6, 6.07) is 9.09. The molecule has 1 aromatic carbocycles. The molecule has 0 atom stereocenters. The maximum Gasteiger partial charge on any atom is 0.338 e. The lowest BCUT2D eigenvalue weighted by atomic mass is 9.85. The standard InChI is InChI=1S/C25H39NO4/c1-3-5-6-10-14-23(27)21-25(30-24(28)22-12-8-7-9-13-22)15-18-26(19-16-25)17-11-20-29-4-2/h7-9,12-13H,3-6,10-11,14-21H2,1-2H3. The molecular weight excluding hydrogens is 378 g/mol. The summed E-state index contributed by atoms with van der Waals surface area (Å²) in [7, 11) is 0. The van der Waals surface area contributed by atoms with Crippen molar-refractivity contribution in [3.8, 4) is 0 Å². The van der Waals surface area contributed by atoms with Crippen LogP contribution in [-0.2, 0) is 14.3 Å². The minimum absolute atomic E-state index is 0.219. The van der Waals surface area contributed by atoms with E-state index >= 15 is 0 Å². The molecule has 1 aliphatic rings. The third kappa shape index (κ3) is 8.57. The first-order valence-electron chi connectivity index (χ1n) is 11.7. The molecule has 2 rings (SSSR count). The smallest absolute Gasteiger partial charge is 0.338 e. The van der Waals surface area contributed by atoms with Gasteiger partial charge < -0.3 is 14.4 Å². The number of esters is 1. The third-order valence-electron chi connectivity index (χ3n) is 5.88. The predicted octanol–water partition coefficient (Wildman–Crippen LogP) is 5.03. The number of piperidine rings is 1. The Labute approximate surface area is 182 Å². The SMILES string of the molecule is CCCCCCC(=O)CC1(OC(=O)c2ccccc2)CCN(CCCOCC)CC1. The maximum atomic E-state index is 12.8. The Bertz CT molecular complexity index is 623. The van der Waals surface area contributed by atoms with Crippen molar-refractivity contribution in [3.05, 3.63) is 35.9 Å². The second kappa shape index (κ2) is 13.6. The van der Waals surface area contributed by atoms with Crippen LogP contribution in [0, 0.1) is 0 Å². The fourth-order valence-corrected chi connectivity index (χ4v) is 4.06. The van der Waals surface area contributed by atoms with Crippen LogP contribution in [-0.4, -0.2) is 55.1 Å². The number of hydrogen-bond acceptors (Lipinski definition) is 5. The highest BCUT2D eigenvalue weighted by Gasteiger charge is 2.40. The Morgan fingerprint density at radius 3 is 2.40 bits per heavy atom. The molecule has 30 heavy (non-hydrogen) atoms. The van der Waals surface area contributed by atoms with Gasteiger partial charge in [0.15, 0.2) is 0 Å². The maximum absolute atomic E-state index is 12.8. The normalized spacial score (nSPS) is 16.3. The van der Waals surface area contributed by atoms with Crippen molar-refractivity contribution < 1.29 is 19.1 Å². The summed E-state index contributed by atoms with van der Waals surface area (Å²) in [4.78, 5) is 27.9. The highest BCUT2D eigenvalue weighted by Crippen LogP contribution is 2.32. The number of carbonyl (C=O) groups excluding carboxylic acids is 2. The van der Waals surface area contributed by atoms with Crippen LogP contribution >= 0.6 is 0 Å². The summed E-state index contributed by atoms with van der Waals surface area (Å²) < 4.78 is 11.5. The lowest BCUT2D eigenvalue weighted by Crippen LogP contribution is -2.48. The number of Topliss-reactive ketones (excluding diaryl/α,β-unsaturated/α-hetero) is 1. The number of unbranched alkanes of at least 4 members (excludes halogenated alkanes) is 3. The molecule has 5 heteroatoms. The Hall–Kier alpha value is -1.72. The van der Waals surface area contributed by atoms with Crippen molar-refractivity contribution in [2.24, 2.45) is 0 Å². The van der Waals surface area contributed by atoms with E-state index in [1.54, 1.807) is 12.1 Å². The molecule has 1 heterocycles. The number of nitrogens with zero attached hydrogens (tertiary/aromatic N) is 1. The number of ketones is 1. The summed E-state index contributed by atoms with van der Waals surface area (Å²) in [6.07, 6.45) is 7.69. The van der Waals surface area contributed by atoms with Crippen molar-refractivity contribution in [1.29, 1.82) is 0 Å². The van der Waals surface area contributed by atoms with Crippen molar-refractivity contribution >= 4 is 11.8 Å². The van der Waals surface area contributed by atoms with Gasteiger partial charge in [-0.25, -0.2) is 4.79 Å². The zero-order chi connectivity index (χ0) is 21.7. The predicted molar refractivity (Wildman–Crippen MR) is 120 cm³/mol. The molecule has 1 fully saturated rings. The number of likely N-dealkylation sites (tertiary alicyclic amines) is 1. The largest absolute Gasteiger partial charge is 0.455 e. The number of benzene rings is 1. The summed E-state index contributed by atoms with van der Waals surface area (Å²) in [5.41, 5.74) is -0.128. The second-order valence-electron chi connectivity index (χ2n) is 8.36. The molecule has 5 nitrogen and oxygen atoms in total. The van der Waals surface area contributed by atoms with Crippen LogP contribution < -0.4 is 0 Å². The van der Waals surface area contributed by atoms with Gasteiger partial charge in [-0.3, -0.25) is 4.79 Å². The van der Waals surface area contributed by atoms with E-state index in [2.05, 4.69) is 11.8 Å². The van der Waals surface area contributed by atoms with Gasteiger partial charge in [-0.15, -0.1) is 0 Å². The highest BCUT2D eigenvalue weighted by atomic mass is 16.6. The van der Waals surface area contributed by atoms with E-state index in [1.807, 2.05) is 25.1 Å². The number of rotatable bonds is 14. The van der Waals surface area contributed by atoms with Gasteiger partial charge in [-0.05, 0) is 31.9 Å². The van der Waals surface area contributed by atoms with Gasteiger partial charge in [0.2, 0.25) is 0 Å². The van der Waals surface area contributed by atoms with Crippen LogP contribution in [0.3, 0.4) is 0 Å². The summed E-state index contributed by atoms with van der Waals surface area (Å²) >= 11 is 0. The first-order valence-corrected chi connectivity index (χ1v) is 11.7. The summed E-state index contributed by atoms with van der Waals surface area (Å²) in [6.45, 7) is 8.37. The molecule has 0 radical (unpaired) electrons. The van der Waals surface area contributed by atoms with E-state index in [1.165, 1.54) is 0 Å². The van der Waals surface area contributed by atoms with Gasteiger partial charge in [-0.1, -0.05) is 44.4 Å². The average molecular weight is 418 g/mol. The van der Waals surface area contributed by atoms with E-state index in [0.29, 0.717) is 31.2 Å². The minimum Gasteiger partial charge on any atom is -0.455 e. The van der Waals surface area contributed by atoms with Crippen LogP contribution in [0.15, 0.2) is 30.3 Å². The lowest BCUT2D eigenvalue weighted by Gasteiger charge is -2.41. The zero-order valence-electron chi connectivity index (χ0n) is 18.9. The first kappa shape index (κ1) is 24.5. The Balaban J connectivity index is 1.95. The Kier molecular flexibility index (Phi) is 11.1. The van der Waals surface area contributed by atoms with Gasteiger partial charge in [0.05, 0.1) is 5.56 Å². The van der Waals surface area contributed by atoms with Crippen LogP contribution in [0.1, 0.15) is 82.0 Å². The van der Waals surface area contributed by atoms with E-state index in [-0.39, 0.29) is 11.8 Å². The van der Waals surface area contributed by atoms with Crippen LogP contribution in [0.4, 0.5) is 0 Å². The first-order chi connectivity index (χ1) is 14.6. The van der Waals surface area contributed by atoms with Crippen molar-refractivity contribution in [1.82, 2.24) is 4.90 Å². The van der Waals surface area contributed by atoms with E-state index < -0.39 is 5.60 Å². The molecule has 0 amide bonds. The highest BCUT2D eigenvalue weighted by molar-refractivity contribution is 5.90. The van der Waals surface area contributed by atoms with E-state index in [9.17, 15) is 9.59 Å².